The molecule has 1 aromatic rings. The minimum atomic E-state index is -3.29. The number of benzene rings is 1. The van der Waals surface area contributed by atoms with Crippen LogP contribution >= 0.6 is 15.9 Å². The Morgan fingerprint density at radius 3 is 2.61 bits per heavy atom. The molecule has 0 saturated heterocycles. The third-order valence-corrected chi connectivity index (χ3v) is 4.43. The van der Waals surface area contributed by atoms with Gasteiger partial charge in [0.05, 0.1) is 4.90 Å². The second kappa shape index (κ2) is 6.33. The van der Waals surface area contributed by atoms with E-state index in [2.05, 4.69) is 21.2 Å². The highest BCUT2D eigenvalue weighted by molar-refractivity contribution is 9.09. The molecule has 0 aliphatic heterocycles. The predicted octanol–water partition coefficient (Wildman–Crippen LogP) is 1.99. The van der Waals surface area contributed by atoms with Gasteiger partial charge in [0, 0.05) is 23.2 Å². The van der Waals surface area contributed by atoms with Gasteiger partial charge < -0.3 is 5.32 Å². The predicted molar refractivity (Wildman–Crippen MR) is 74.9 cm³/mol. The summed E-state index contributed by atoms with van der Waals surface area (Å²) in [6, 6.07) is 6.09. The summed E-state index contributed by atoms with van der Waals surface area (Å²) < 4.78 is 22.8. The maximum absolute atomic E-state index is 11.9. The highest BCUT2D eigenvalue weighted by Crippen LogP contribution is 2.11. The van der Waals surface area contributed by atoms with Gasteiger partial charge in [-0.3, -0.25) is 4.79 Å². The molecule has 0 aromatic heterocycles. The second-order valence-electron chi connectivity index (χ2n) is 4.03. The Morgan fingerprint density at radius 2 is 2.11 bits per heavy atom. The lowest BCUT2D eigenvalue weighted by molar-refractivity contribution is 0.0940. The van der Waals surface area contributed by atoms with E-state index in [1.54, 1.807) is 12.1 Å². The van der Waals surface area contributed by atoms with Crippen molar-refractivity contribution >= 4 is 31.7 Å². The second-order valence-corrected chi connectivity index (χ2v) is 6.70. The van der Waals surface area contributed by atoms with E-state index in [4.69, 9.17) is 0 Å². The van der Waals surface area contributed by atoms with Crippen molar-refractivity contribution in [3.8, 4) is 0 Å². The summed E-state index contributed by atoms with van der Waals surface area (Å²) >= 11 is 3.31. The molecule has 6 heteroatoms. The van der Waals surface area contributed by atoms with Crippen LogP contribution in [-0.2, 0) is 9.84 Å². The summed E-state index contributed by atoms with van der Waals surface area (Å²) in [4.78, 5) is 12.1. The van der Waals surface area contributed by atoms with E-state index >= 15 is 0 Å². The summed E-state index contributed by atoms with van der Waals surface area (Å²) in [5, 5.41) is 3.50. The summed E-state index contributed by atoms with van der Waals surface area (Å²) in [6.45, 7) is 1.97. The first-order valence-corrected chi connectivity index (χ1v) is 8.56. The fourth-order valence-corrected chi connectivity index (χ4v) is 2.67. The molecule has 0 aliphatic carbocycles. The molecule has 1 N–H and O–H groups in total. The zero-order valence-electron chi connectivity index (χ0n) is 10.3. The molecule has 0 fully saturated rings. The van der Waals surface area contributed by atoms with E-state index in [0.29, 0.717) is 10.9 Å². The Hall–Kier alpha value is -0.880. The van der Waals surface area contributed by atoms with Gasteiger partial charge in [0.15, 0.2) is 9.84 Å². The lowest BCUT2D eigenvalue weighted by atomic mass is 10.2. The maximum Gasteiger partial charge on any atom is 0.251 e. The van der Waals surface area contributed by atoms with Crippen molar-refractivity contribution < 1.29 is 13.2 Å². The number of sulfone groups is 1. The number of amides is 1. The third-order valence-electron chi connectivity index (χ3n) is 2.54. The Bertz CT molecular complexity index is 524. The maximum atomic E-state index is 11.9. The summed E-state index contributed by atoms with van der Waals surface area (Å²) in [6.07, 6.45) is 1.93. The molecule has 0 bridgehead atoms. The van der Waals surface area contributed by atoms with Crippen LogP contribution in [0.15, 0.2) is 29.2 Å². The first-order chi connectivity index (χ1) is 8.38. The van der Waals surface area contributed by atoms with E-state index in [9.17, 15) is 13.2 Å². The van der Waals surface area contributed by atoms with Gasteiger partial charge in [-0.2, -0.15) is 0 Å². The van der Waals surface area contributed by atoms with Crippen LogP contribution in [0.2, 0.25) is 0 Å². The molecular formula is C12H16BrNO3S. The first-order valence-electron chi connectivity index (χ1n) is 5.55. The fourth-order valence-electron chi connectivity index (χ4n) is 1.39. The standard InChI is InChI=1S/C12H16BrNO3S/c1-3-10(8-13)14-12(15)9-5-4-6-11(7-9)18(2,16)17/h4-7,10H,3,8H2,1-2H3,(H,14,15). The highest BCUT2D eigenvalue weighted by Gasteiger charge is 2.14. The number of rotatable bonds is 5. The SMILES string of the molecule is CCC(CBr)NC(=O)c1cccc(S(C)(=O)=O)c1. The molecule has 100 valence electrons. The van der Waals surface area contributed by atoms with Crippen LogP contribution in [0, 0.1) is 0 Å². The van der Waals surface area contributed by atoms with Crippen LogP contribution in [0.1, 0.15) is 23.7 Å². The Balaban J connectivity index is 2.94. The summed E-state index contributed by atoms with van der Waals surface area (Å²) in [7, 11) is -3.29. The molecule has 0 saturated carbocycles. The summed E-state index contributed by atoms with van der Waals surface area (Å²) in [5.74, 6) is -0.258. The summed E-state index contributed by atoms with van der Waals surface area (Å²) in [5.41, 5.74) is 0.359. The van der Waals surface area contributed by atoms with E-state index in [1.807, 2.05) is 6.92 Å². The van der Waals surface area contributed by atoms with Crippen molar-refractivity contribution in [1.29, 1.82) is 0 Å². The lowest BCUT2D eigenvalue weighted by Gasteiger charge is -2.14. The Kier molecular flexibility index (Phi) is 5.34. The van der Waals surface area contributed by atoms with Crippen molar-refractivity contribution in [1.82, 2.24) is 5.32 Å². The zero-order valence-corrected chi connectivity index (χ0v) is 12.7. The van der Waals surface area contributed by atoms with Crippen molar-refractivity contribution in [3.63, 3.8) is 0 Å². The highest BCUT2D eigenvalue weighted by atomic mass is 79.9. The monoisotopic (exact) mass is 333 g/mol. The number of hydrogen-bond acceptors (Lipinski definition) is 3. The van der Waals surface area contributed by atoms with Gasteiger partial charge in [0.25, 0.3) is 5.91 Å². The Labute approximate surface area is 116 Å². The number of hydrogen-bond donors (Lipinski definition) is 1. The third kappa shape index (κ3) is 4.10. The number of nitrogens with one attached hydrogen (secondary N) is 1. The van der Waals surface area contributed by atoms with Crippen molar-refractivity contribution in [3.05, 3.63) is 29.8 Å². The number of halogens is 1. The minimum Gasteiger partial charge on any atom is -0.348 e. The van der Waals surface area contributed by atoms with E-state index < -0.39 is 9.84 Å². The van der Waals surface area contributed by atoms with Crippen LogP contribution in [-0.4, -0.2) is 32.0 Å². The quantitative estimate of drug-likeness (QED) is 0.838. The normalized spacial score (nSPS) is 13.1. The topological polar surface area (TPSA) is 63.2 Å². The van der Waals surface area contributed by atoms with Crippen molar-refractivity contribution in [2.24, 2.45) is 0 Å². The fraction of sp³-hybridized carbons (Fsp3) is 0.417. The van der Waals surface area contributed by atoms with Gasteiger partial charge in [-0.1, -0.05) is 28.9 Å². The number of alkyl halides is 1. The van der Waals surface area contributed by atoms with Gasteiger partial charge in [-0.05, 0) is 24.6 Å². The molecule has 0 heterocycles. The van der Waals surface area contributed by atoms with Crippen LogP contribution in [0.5, 0.6) is 0 Å². The first kappa shape index (κ1) is 15.2. The number of carbonyl (C=O) groups is 1. The average Bonchev–Trinajstić information content (AvgIpc) is 2.34. The number of carbonyl (C=O) groups excluding carboxylic acids is 1. The largest absolute Gasteiger partial charge is 0.348 e. The van der Waals surface area contributed by atoms with Gasteiger partial charge >= 0.3 is 0 Å². The zero-order chi connectivity index (χ0) is 13.8. The molecule has 0 aliphatic rings. The van der Waals surface area contributed by atoms with Crippen molar-refractivity contribution in [2.75, 3.05) is 11.6 Å². The van der Waals surface area contributed by atoms with Gasteiger partial charge in [-0.25, -0.2) is 8.42 Å². The molecule has 0 spiro atoms. The molecule has 1 amide bonds. The van der Waals surface area contributed by atoms with E-state index in [0.717, 1.165) is 12.7 Å². The smallest absolute Gasteiger partial charge is 0.251 e. The molecule has 4 nitrogen and oxygen atoms in total. The van der Waals surface area contributed by atoms with Gasteiger partial charge in [0.2, 0.25) is 0 Å². The Morgan fingerprint density at radius 1 is 1.44 bits per heavy atom. The molecule has 1 atom stereocenters. The molecular weight excluding hydrogens is 318 g/mol. The lowest BCUT2D eigenvalue weighted by Crippen LogP contribution is -2.35. The average molecular weight is 334 g/mol. The molecule has 1 aromatic carbocycles. The molecule has 0 radical (unpaired) electrons. The van der Waals surface area contributed by atoms with Crippen LogP contribution in [0.3, 0.4) is 0 Å². The minimum absolute atomic E-state index is 0.0411. The van der Waals surface area contributed by atoms with Gasteiger partial charge in [0.1, 0.15) is 0 Å². The van der Waals surface area contributed by atoms with Crippen molar-refractivity contribution in [2.45, 2.75) is 24.3 Å². The van der Waals surface area contributed by atoms with Crippen LogP contribution in [0.4, 0.5) is 0 Å². The van der Waals surface area contributed by atoms with E-state index in [1.165, 1.54) is 12.1 Å². The molecule has 1 unspecified atom stereocenters. The van der Waals surface area contributed by atoms with Gasteiger partial charge in [-0.15, -0.1) is 0 Å². The molecule has 1 rings (SSSR count). The van der Waals surface area contributed by atoms with Crippen LogP contribution < -0.4 is 5.32 Å². The van der Waals surface area contributed by atoms with E-state index in [-0.39, 0.29) is 16.8 Å². The van der Waals surface area contributed by atoms with Crippen LogP contribution in [0.25, 0.3) is 0 Å². The molecule has 18 heavy (non-hydrogen) atoms.